The predicted molar refractivity (Wildman–Crippen MR) is 85.1 cm³/mol. The Morgan fingerprint density at radius 2 is 1.85 bits per heavy atom. The van der Waals surface area contributed by atoms with Gasteiger partial charge in [0, 0.05) is 16.2 Å². The summed E-state index contributed by atoms with van der Waals surface area (Å²) in [4.78, 5) is 26.2. The van der Waals surface area contributed by atoms with E-state index in [1.165, 1.54) is 4.90 Å². The van der Waals surface area contributed by atoms with Gasteiger partial charge < -0.3 is 5.32 Å². The van der Waals surface area contributed by atoms with Gasteiger partial charge in [-0.1, -0.05) is 53.8 Å². The molecule has 1 unspecified atom stereocenters. The van der Waals surface area contributed by atoms with Gasteiger partial charge in [-0.05, 0) is 13.0 Å². The van der Waals surface area contributed by atoms with Gasteiger partial charge in [-0.15, -0.1) is 0 Å². The molecule has 1 heterocycles. The Morgan fingerprint density at radius 3 is 2.40 bits per heavy atom. The van der Waals surface area contributed by atoms with Crippen LogP contribution in [0.5, 0.6) is 0 Å². The third kappa shape index (κ3) is 2.67. The summed E-state index contributed by atoms with van der Waals surface area (Å²) < 4.78 is 0.825. The fourth-order valence-corrected chi connectivity index (χ4v) is 4.28. The van der Waals surface area contributed by atoms with Gasteiger partial charge in [0.15, 0.2) is 0 Å². The SMILES string of the molecule is CC1(c2ccccc2Br)NC(=O)N(C[Si](C)(C)C)C1=O. The molecule has 6 heteroatoms. The van der Waals surface area contributed by atoms with Crippen LogP contribution in [-0.4, -0.2) is 31.1 Å². The van der Waals surface area contributed by atoms with Crippen molar-refractivity contribution < 1.29 is 9.59 Å². The molecular weight excluding hydrogens is 336 g/mol. The number of imide groups is 1. The normalized spacial score (nSPS) is 23.1. The number of nitrogens with one attached hydrogen (secondary N) is 1. The number of nitrogens with zero attached hydrogens (tertiary/aromatic N) is 1. The molecule has 0 bridgehead atoms. The lowest BCUT2D eigenvalue weighted by molar-refractivity contribution is -0.130. The number of rotatable bonds is 3. The molecule has 1 fully saturated rings. The van der Waals surface area contributed by atoms with E-state index >= 15 is 0 Å². The second kappa shape index (κ2) is 5.00. The van der Waals surface area contributed by atoms with Gasteiger partial charge in [0.1, 0.15) is 5.54 Å². The number of hydrogen-bond donors (Lipinski definition) is 1. The lowest BCUT2D eigenvalue weighted by Crippen LogP contribution is -2.45. The van der Waals surface area contributed by atoms with E-state index in [1.54, 1.807) is 6.92 Å². The molecule has 1 aliphatic heterocycles. The molecule has 0 aromatic heterocycles. The fourth-order valence-electron chi connectivity index (χ4n) is 2.36. The summed E-state index contributed by atoms with van der Waals surface area (Å²) in [6, 6.07) is 7.20. The van der Waals surface area contributed by atoms with E-state index in [2.05, 4.69) is 40.9 Å². The van der Waals surface area contributed by atoms with Crippen LogP contribution < -0.4 is 5.32 Å². The Labute approximate surface area is 128 Å². The summed E-state index contributed by atoms with van der Waals surface area (Å²) in [6.07, 6.45) is 0.539. The van der Waals surface area contributed by atoms with Crippen molar-refractivity contribution in [2.24, 2.45) is 0 Å². The Morgan fingerprint density at radius 1 is 1.25 bits per heavy atom. The van der Waals surface area contributed by atoms with Crippen LogP contribution in [0.2, 0.25) is 19.6 Å². The van der Waals surface area contributed by atoms with E-state index in [0.29, 0.717) is 6.17 Å². The number of carbonyl (C=O) groups excluding carboxylic acids is 2. The molecule has 2 rings (SSSR count). The highest BCUT2D eigenvalue weighted by molar-refractivity contribution is 9.10. The number of hydrogen-bond acceptors (Lipinski definition) is 2. The number of amides is 3. The molecular formula is C14H19BrN2O2Si. The lowest BCUT2D eigenvalue weighted by atomic mass is 9.92. The largest absolute Gasteiger partial charge is 0.325 e. The highest BCUT2D eigenvalue weighted by atomic mass is 79.9. The summed E-state index contributed by atoms with van der Waals surface area (Å²) >= 11 is 3.46. The zero-order valence-electron chi connectivity index (χ0n) is 12.2. The number of carbonyl (C=O) groups is 2. The standard InChI is InChI=1S/C14H19BrN2O2Si/c1-14(10-7-5-6-8-11(10)15)12(18)17(13(19)16-14)9-20(2,3)4/h5-8H,9H2,1-4H3,(H,16,19). The molecule has 108 valence electrons. The van der Waals surface area contributed by atoms with Gasteiger partial charge in [-0.25, -0.2) is 4.79 Å². The Bertz CT molecular complexity index is 571. The Hall–Kier alpha value is -1.14. The molecule has 1 saturated heterocycles. The predicted octanol–water partition coefficient (Wildman–Crippen LogP) is 3.09. The zero-order chi connectivity index (χ0) is 15.1. The van der Waals surface area contributed by atoms with Crippen molar-refractivity contribution in [3.63, 3.8) is 0 Å². The van der Waals surface area contributed by atoms with Gasteiger partial charge in [-0.3, -0.25) is 9.69 Å². The van der Waals surface area contributed by atoms with Crippen LogP contribution in [0, 0.1) is 0 Å². The van der Waals surface area contributed by atoms with Crippen molar-refractivity contribution in [2.45, 2.75) is 32.1 Å². The summed E-state index contributed by atoms with van der Waals surface area (Å²) in [5.41, 5.74) is -0.201. The highest BCUT2D eigenvalue weighted by Gasteiger charge is 2.50. The Balaban J connectivity index is 2.39. The third-order valence-corrected chi connectivity index (χ3v) is 5.28. The van der Waals surface area contributed by atoms with E-state index in [4.69, 9.17) is 0 Å². The van der Waals surface area contributed by atoms with Crippen molar-refractivity contribution in [3.8, 4) is 0 Å². The van der Waals surface area contributed by atoms with Crippen molar-refractivity contribution in [1.29, 1.82) is 0 Å². The average molecular weight is 355 g/mol. The quantitative estimate of drug-likeness (QED) is 0.669. The molecule has 1 aromatic rings. The van der Waals surface area contributed by atoms with Crippen molar-refractivity contribution in [3.05, 3.63) is 34.3 Å². The first-order chi connectivity index (χ1) is 9.15. The highest BCUT2D eigenvalue weighted by Crippen LogP contribution is 2.33. The minimum atomic E-state index is -1.55. The first-order valence-corrected chi connectivity index (χ1v) is 11.0. The smallest absolute Gasteiger partial charge is 0.319 e. The van der Waals surface area contributed by atoms with Crippen LogP contribution >= 0.6 is 15.9 Å². The molecule has 1 N–H and O–H groups in total. The van der Waals surface area contributed by atoms with Crippen molar-refractivity contribution in [1.82, 2.24) is 10.2 Å². The van der Waals surface area contributed by atoms with Gasteiger partial charge >= 0.3 is 6.03 Å². The molecule has 0 aliphatic carbocycles. The van der Waals surface area contributed by atoms with Crippen LogP contribution in [-0.2, 0) is 10.3 Å². The third-order valence-electron chi connectivity index (χ3n) is 3.32. The molecule has 0 saturated carbocycles. The summed E-state index contributed by atoms with van der Waals surface area (Å²) in [7, 11) is -1.55. The summed E-state index contributed by atoms with van der Waals surface area (Å²) in [6.45, 7) is 8.18. The summed E-state index contributed by atoms with van der Waals surface area (Å²) in [5, 5.41) is 2.84. The van der Waals surface area contributed by atoms with Gasteiger partial charge in [0.2, 0.25) is 0 Å². The second-order valence-corrected chi connectivity index (χ2v) is 12.8. The topological polar surface area (TPSA) is 49.4 Å². The molecule has 4 nitrogen and oxygen atoms in total. The number of halogens is 1. The van der Waals surface area contributed by atoms with Crippen LogP contribution in [0.1, 0.15) is 12.5 Å². The second-order valence-electron chi connectivity index (χ2n) is 6.49. The molecule has 3 amide bonds. The first kappa shape index (κ1) is 15.2. The average Bonchev–Trinajstić information content (AvgIpc) is 2.53. The van der Waals surface area contributed by atoms with E-state index in [9.17, 15) is 9.59 Å². The van der Waals surface area contributed by atoms with Crippen LogP contribution in [0.15, 0.2) is 28.7 Å². The summed E-state index contributed by atoms with van der Waals surface area (Å²) in [5.74, 6) is -0.170. The molecule has 0 spiro atoms. The molecule has 1 aliphatic rings. The van der Waals surface area contributed by atoms with E-state index in [-0.39, 0.29) is 11.9 Å². The van der Waals surface area contributed by atoms with Gasteiger partial charge in [0.25, 0.3) is 5.91 Å². The van der Waals surface area contributed by atoms with E-state index in [1.807, 2.05) is 24.3 Å². The molecule has 0 radical (unpaired) electrons. The van der Waals surface area contributed by atoms with E-state index < -0.39 is 13.6 Å². The molecule has 1 aromatic carbocycles. The van der Waals surface area contributed by atoms with Crippen LogP contribution in [0.4, 0.5) is 4.79 Å². The maximum absolute atomic E-state index is 12.7. The maximum atomic E-state index is 12.7. The van der Waals surface area contributed by atoms with Crippen molar-refractivity contribution in [2.75, 3.05) is 6.17 Å². The maximum Gasteiger partial charge on any atom is 0.325 e. The first-order valence-electron chi connectivity index (χ1n) is 6.54. The molecule has 1 atom stereocenters. The van der Waals surface area contributed by atoms with Gasteiger partial charge in [-0.2, -0.15) is 0 Å². The van der Waals surface area contributed by atoms with Crippen LogP contribution in [0.25, 0.3) is 0 Å². The van der Waals surface area contributed by atoms with Crippen molar-refractivity contribution >= 4 is 35.9 Å². The van der Waals surface area contributed by atoms with E-state index in [0.717, 1.165) is 10.0 Å². The lowest BCUT2D eigenvalue weighted by Gasteiger charge is -2.25. The Kier molecular flexibility index (Phi) is 3.81. The minimum absolute atomic E-state index is 0.170. The number of benzene rings is 1. The number of urea groups is 1. The van der Waals surface area contributed by atoms with Gasteiger partial charge in [0.05, 0.1) is 8.07 Å². The fraction of sp³-hybridized carbons (Fsp3) is 0.429. The minimum Gasteiger partial charge on any atom is -0.319 e. The van der Waals surface area contributed by atoms with Crippen LogP contribution in [0.3, 0.4) is 0 Å². The zero-order valence-corrected chi connectivity index (χ0v) is 14.7. The monoisotopic (exact) mass is 354 g/mol. The molecule has 20 heavy (non-hydrogen) atoms.